The molecule has 0 aromatic heterocycles. The first-order valence-corrected chi connectivity index (χ1v) is 16.7. The first-order chi connectivity index (χ1) is 24.2. The van der Waals surface area contributed by atoms with Crippen LogP contribution >= 0.6 is 0 Å². The Labute approximate surface area is 291 Å². The average molecular weight is 686 g/mol. The second-order valence-electron chi connectivity index (χ2n) is 12.2. The summed E-state index contributed by atoms with van der Waals surface area (Å²) in [6.07, 6.45) is -1.41. The number of hydrogen-bond donors (Lipinski definition) is 0. The molecule has 0 spiro atoms. The molecular formula is C40H42F3N3O4. The van der Waals surface area contributed by atoms with Crippen molar-refractivity contribution in [3.8, 4) is 0 Å². The number of morpholine rings is 1. The molecule has 1 atom stereocenters. The van der Waals surface area contributed by atoms with Crippen molar-refractivity contribution in [1.29, 1.82) is 0 Å². The Kier molecular flexibility index (Phi) is 12.8. The van der Waals surface area contributed by atoms with Gasteiger partial charge >= 0.3 is 6.18 Å². The number of nitrogens with zero attached hydrogens (tertiary/aromatic N) is 3. The predicted octanol–water partition coefficient (Wildman–Crippen LogP) is 6.87. The van der Waals surface area contributed by atoms with Crippen LogP contribution in [0.2, 0.25) is 0 Å². The Hall–Kier alpha value is -4.93. The van der Waals surface area contributed by atoms with Gasteiger partial charge in [-0.25, -0.2) is 0 Å². The monoisotopic (exact) mass is 685 g/mol. The van der Waals surface area contributed by atoms with E-state index in [0.717, 1.165) is 47.6 Å². The van der Waals surface area contributed by atoms with Crippen LogP contribution in [0, 0.1) is 0 Å². The van der Waals surface area contributed by atoms with Crippen LogP contribution in [-0.2, 0) is 44.8 Å². The summed E-state index contributed by atoms with van der Waals surface area (Å²) in [6, 6.07) is 30.9. The molecule has 0 saturated carbocycles. The lowest BCUT2D eigenvalue weighted by Gasteiger charge is -2.33. The lowest BCUT2D eigenvalue weighted by Crippen LogP contribution is -2.51. The van der Waals surface area contributed by atoms with Gasteiger partial charge in [-0.15, -0.1) is 0 Å². The third kappa shape index (κ3) is 10.5. The van der Waals surface area contributed by atoms with Crippen LogP contribution in [-0.4, -0.2) is 74.2 Å². The Morgan fingerprint density at radius 2 is 1.46 bits per heavy atom. The van der Waals surface area contributed by atoms with Gasteiger partial charge in [-0.2, -0.15) is 13.2 Å². The fraction of sp³-hybridized carbons (Fsp3) is 0.300. The molecule has 4 aromatic carbocycles. The molecule has 1 heterocycles. The lowest BCUT2D eigenvalue weighted by molar-refractivity contribution is -0.143. The normalized spacial score (nSPS) is 14.0. The van der Waals surface area contributed by atoms with Gasteiger partial charge in [-0.05, 0) is 52.6 Å². The molecule has 2 amide bonds. The van der Waals surface area contributed by atoms with Gasteiger partial charge in [0.15, 0.2) is 0 Å². The van der Waals surface area contributed by atoms with Crippen molar-refractivity contribution in [2.24, 2.45) is 0 Å². The molecule has 50 heavy (non-hydrogen) atoms. The van der Waals surface area contributed by atoms with E-state index in [0.29, 0.717) is 38.5 Å². The molecule has 1 saturated heterocycles. The molecule has 0 unspecified atom stereocenters. The number of ether oxygens (including phenoxy) is 2. The van der Waals surface area contributed by atoms with E-state index in [9.17, 15) is 22.8 Å². The van der Waals surface area contributed by atoms with Crippen molar-refractivity contribution >= 4 is 23.6 Å². The van der Waals surface area contributed by atoms with Gasteiger partial charge in [0.25, 0.3) is 0 Å². The Bertz CT molecular complexity index is 1680. The van der Waals surface area contributed by atoms with E-state index in [1.54, 1.807) is 16.8 Å². The summed E-state index contributed by atoms with van der Waals surface area (Å²) >= 11 is 0. The standard InChI is InChI=1S/C40H42F3N3O4/c1-44(22-25-50-30-34-10-6-3-7-11-34)39(48)37(28-32-8-4-2-5-9-32)46(29-33-14-19-36(20-15-33)45-23-26-49-27-24-45)38(47)21-16-31-12-17-35(18-13-31)40(41,42)43/h2-21,37H,22-30H2,1H3/b21-16+/t37-/m0/s1. The molecule has 0 aliphatic carbocycles. The van der Waals surface area contributed by atoms with Gasteiger partial charge in [0.05, 0.1) is 32.0 Å². The average Bonchev–Trinajstić information content (AvgIpc) is 3.14. The van der Waals surface area contributed by atoms with Gasteiger partial charge in [0.2, 0.25) is 11.8 Å². The fourth-order valence-corrected chi connectivity index (χ4v) is 5.72. The SMILES string of the molecule is CN(CCOCc1ccccc1)C(=O)[C@H](Cc1ccccc1)N(Cc1ccc(N2CCOCC2)cc1)C(=O)/C=C/c1ccc(C(F)(F)F)cc1. The van der Waals surface area contributed by atoms with Crippen molar-refractivity contribution in [3.05, 3.63) is 143 Å². The van der Waals surface area contributed by atoms with Gasteiger partial charge in [0, 0.05) is 51.4 Å². The highest BCUT2D eigenvalue weighted by molar-refractivity contribution is 5.95. The molecular weight excluding hydrogens is 643 g/mol. The smallest absolute Gasteiger partial charge is 0.378 e. The van der Waals surface area contributed by atoms with Gasteiger partial charge in [-0.3, -0.25) is 9.59 Å². The van der Waals surface area contributed by atoms with Gasteiger partial charge in [-0.1, -0.05) is 84.9 Å². The minimum absolute atomic E-state index is 0.140. The zero-order valence-electron chi connectivity index (χ0n) is 28.1. The summed E-state index contributed by atoms with van der Waals surface area (Å²) < 4.78 is 50.7. The van der Waals surface area contributed by atoms with Crippen LogP contribution < -0.4 is 4.90 Å². The molecule has 7 nitrogen and oxygen atoms in total. The summed E-state index contributed by atoms with van der Waals surface area (Å²) in [5, 5.41) is 0. The van der Waals surface area contributed by atoms with Crippen molar-refractivity contribution in [2.45, 2.75) is 31.8 Å². The number of amides is 2. The molecule has 1 fully saturated rings. The molecule has 5 rings (SSSR count). The summed E-state index contributed by atoms with van der Waals surface area (Å²) in [6.45, 7) is 4.06. The number of alkyl halides is 3. The predicted molar refractivity (Wildman–Crippen MR) is 188 cm³/mol. The number of carbonyl (C=O) groups is 2. The maximum Gasteiger partial charge on any atom is 0.416 e. The van der Waals surface area contributed by atoms with Crippen LogP contribution in [0.25, 0.3) is 6.08 Å². The van der Waals surface area contributed by atoms with E-state index in [1.807, 2.05) is 84.9 Å². The summed E-state index contributed by atoms with van der Waals surface area (Å²) in [7, 11) is 1.70. The lowest BCUT2D eigenvalue weighted by atomic mass is 10.0. The quantitative estimate of drug-likeness (QED) is 0.107. The highest BCUT2D eigenvalue weighted by Gasteiger charge is 2.32. The molecule has 262 valence electrons. The molecule has 4 aromatic rings. The number of likely N-dealkylation sites (N-methyl/N-ethyl adjacent to an activating group) is 1. The topological polar surface area (TPSA) is 62.3 Å². The van der Waals surface area contributed by atoms with E-state index in [4.69, 9.17) is 9.47 Å². The highest BCUT2D eigenvalue weighted by atomic mass is 19.4. The van der Waals surface area contributed by atoms with Gasteiger partial charge < -0.3 is 24.2 Å². The minimum Gasteiger partial charge on any atom is -0.378 e. The third-order valence-corrected chi connectivity index (χ3v) is 8.60. The van der Waals surface area contributed by atoms with E-state index in [2.05, 4.69) is 4.90 Å². The first-order valence-electron chi connectivity index (χ1n) is 16.7. The number of rotatable bonds is 14. The minimum atomic E-state index is -4.46. The molecule has 1 aliphatic heterocycles. The van der Waals surface area contributed by atoms with E-state index in [1.165, 1.54) is 24.3 Å². The molecule has 0 N–H and O–H groups in total. The summed E-state index contributed by atoms with van der Waals surface area (Å²) in [5.74, 6) is -0.691. The largest absolute Gasteiger partial charge is 0.416 e. The first kappa shape index (κ1) is 36.4. The van der Waals surface area contributed by atoms with Crippen LogP contribution in [0.1, 0.15) is 27.8 Å². The van der Waals surface area contributed by atoms with Crippen LogP contribution in [0.4, 0.5) is 18.9 Å². The Morgan fingerprint density at radius 3 is 2.08 bits per heavy atom. The van der Waals surface area contributed by atoms with Crippen LogP contribution in [0.5, 0.6) is 0 Å². The number of benzene rings is 4. The highest BCUT2D eigenvalue weighted by Crippen LogP contribution is 2.29. The number of hydrogen-bond acceptors (Lipinski definition) is 5. The molecule has 0 radical (unpaired) electrons. The maximum atomic E-state index is 14.2. The maximum absolute atomic E-state index is 14.2. The van der Waals surface area contributed by atoms with Crippen molar-refractivity contribution in [2.75, 3.05) is 51.4 Å². The van der Waals surface area contributed by atoms with E-state index >= 15 is 0 Å². The Balaban J connectivity index is 1.39. The van der Waals surface area contributed by atoms with Crippen LogP contribution in [0.15, 0.2) is 115 Å². The second-order valence-corrected chi connectivity index (χ2v) is 12.2. The summed E-state index contributed by atoms with van der Waals surface area (Å²) in [5.41, 5.74) is 3.45. The number of carbonyl (C=O) groups excluding carboxylic acids is 2. The molecule has 10 heteroatoms. The van der Waals surface area contributed by atoms with Crippen molar-refractivity contribution in [1.82, 2.24) is 9.80 Å². The van der Waals surface area contributed by atoms with Crippen molar-refractivity contribution in [3.63, 3.8) is 0 Å². The number of halogens is 3. The van der Waals surface area contributed by atoms with Crippen molar-refractivity contribution < 1.29 is 32.2 Å². The second kappa shape index (κ2) is 17.6. The van der Waals surface area contributed by atoms with Gasteiger partial charge in [0.1, 0.15) is 6.04 Å². The third-order valence-electron chi connectivity index (χ3n) is 8.60. The van der Waals surface area contributed by atoms with E-state index < -0.39 is 23.7 Å². The van der Waals surface area contributed by atoms with Crippen LogP contribution in [0.3, 0.4) is 0 Å². The van der Waals surface area contributed by atoms with E-state index in [-0.39, 0.29) is 18.9 Å². The molecule has 1 aliphatic rings. The number of anilines is 1. The zero-order valence-corrected chi connectivity index (χ0v) is 28.1. The Morgan fingerprint density at radius 1 is 0.840 bits per heavy atom. The zero-order chi connectivity index (χ0) is 35.3. The molecule has 0 bridgehead atoms. The summed E-state index contributed by atoms with van der Waals surface area (Å²) in [4.78, 5) is 33.7. The fourth-order valence-electron chi connectivity index (χ4n) is 5.72.